The number of thioether (sulfide) groups is 1. The molecule has 1 aromatic rings. The van der Waals surface area contributed by atoms with E-state index in [9.17, 15) is 9.59 Å². The van der Waals surface area contributed by atoms with E-state index in [4.69, 9.17) is 5.11 Å². The number of carboxylic acids is 1. The Labute approximate surface area is 90.7 Å². The van der Waals surface area contributed by atoms with E-state index in [1.165, 1.54) is 4.57 Å². The van der Waals surface area contributed by atoms with E-state index in [-0.39, 0.29) is 5.69 Å². The summed E-state index contributed by atoms with van der Waals surface area (Å²) in [5.41, 5.74) is -0.295. The second kappa shape index (κ2) is 5.01. The average Bonchev–Trinajstić information content (AvgIpc) is 2.50. The molecule has 0 aliphatic carbocycles. The first-order valence-corrected chi connectivity index (χ1v) is 5.49. The van der Waals surface area contributed by atoms with Crippen molar-refractivity contribution in [1.82, 2.24) is 14.8 Å². The van der Waals surface area contributed by atoms with Crippen LogP contribution in [0.2, 0.25) is 0 Å². The highest BCUT2D eigenvalue weighted by Gasteiger charge is 2.17. The van der Waals surface area contributed by atoms with Crippen LogP contribution in [0.4, 0.5) is 0 Å². The average molecular weight is 231 g/mol. The number of carboxylic acid groups (broad SMARTS) is 1. The van der Waals surface area contributed by atoms with Crippen LogP contribution in [-0.2, 0) is 11.3 Å². The highest BCUT2D eigenvalue weighted by Crippen LogP contribution is 2.19. The van der Waals surface area contributed by atoms with Gasteiger partial charge in [0.15, 0.2) is 5.16 Å². The van der Waals surface area contributed by atoms with Crippen LogP contribution in [0, 0.1) is 0 Å². The van der Waals surface area contributed by atoms with Gasteiger partial charge in [-0.15, -0.1) is 5.10 Å². The van der Waals surface area contributed by atoms with Crippen molar-refractivity contribution in [2.24, 2.45) is 0 Å². The van der Waals surface area contributed by atoms with Crippen LogP contribution in [0.1, 0.15) is 20.3 Å². The van der Waals surface area contributed by atoms with Crippen molar-refractivity contribution >= 4 is 17.7 Å². The number of nitrogens with zero attached hydrogens (tertiary/aromatic N) is 2. The molecule has 0 aliphatic heterocycles. The molecule has 15 heavy (non-hydrogen) atoms. The molecule has 1 aromatic heterocycles. The summed E-state index contributed by atoms with van der Waals surface area (Å²) in [6.07, 6.45) is 0.800. The Bertz CT molecular complexity index is 398. The van der Waals surface area contributed by atoms with E-state index in [0.29, 0.717) is 11.7 Å². The van der Waals surface area contributed by atoms with Gasteiger partial charge >= 0.3 is 11.7 Å². The number of nitrogens with one attached hydrogen (secondary N) is 1. The van der Waals surface area contributed by atoms with Crippen LogP contribution in [0.3, 0.4) is 0 Å². The monoisotopic (exact) mass is 231 g/mol. The first-order chi connectivity index (χ1) is 7.06. The van der Waals surface area contributed by atoms with Gasteiger partial charge in [0.2, 0.25) is 0 Å². The first-order valence-electron chi connectivity index (χ1n) is 4.61. The molecule has 0 spiro atoms. The molecule has 2 N–H and O–H groups in total. The molecule has 1 atom stereocenters. The Morgan fingerprint density at radius 2 is 2.40 bits per heavy atom. The van der Waals surface area contributed by atoms with Gasteiger partial charge in [-0.25, -0.2) is 9.89 Å². The second-order valence-corrected chi connectivity index (χ2v) is 4.37. The Morgan fingerprint density at radius 3 is 2.93 bits per heavy atom. The zero-order chi connectivity index (χ0) is 11.4. The van der Waals surface area contributed by atoms with Crippen molar-refractivity contribution in [1.29, 1.82) is 0 Å². The van der Waals surface area contributed by atoms with Crippen molar-refractivity contribution in [3.8, 4) is 0 Å². The quantitative estimate of drug-likeness (QED) is 0.722. The molecule has 7 heteroatoms. The fraction of sp³-hybridized carbons (Fsp3) is 0.625. The standard InChI is InChI=1S/C8H13N3O3S/c1-3-4-11-7(14)9-10-8(11)15-5(2)6(12)13/h5H,3-4H2,1-2H3,(H,9,14)(H,12,13). The van der Waals surface area contributed by atoms with Gasteiger partial charge in [0.25, 0.3) is 0 Å². The van der Waals surface area contributed by atoms with Crippen molar-refractivity contribution in [2.75, 3.05) is 0 Å². The Hall–Kier alpha value is -1.24. The van der Waals surface area contributed by atoms with E-state index in [1.54, 1.807) is 6.92 Å². The van der Waals surface area contributed by atoms with E-state index >= 15 is 0 Å². The van der Waals surface area contributed by atoms with E-state index < -0.39 is 11.2 Å². The molecule has 0 saturated heterocycles. The maximum absolute atomic E-state index is 11.3. The van der Waals surface area contributed by atoms with Crippen molar-refractivity contribution < 1.29 is 9.90 Å². The van der Waals surface area contributed by atoms with E-state index in [1.807, 2.05) is 6.92 Å². The lowest BCUT2D eigenvalue weighted by Gasteiger charge is -2.05. The fourth-order valence-corrected chi connectivity index (χ4v) is 1.84. The molecule has 0 saturated carbocycles. The largest absolute Gasteiger partial charge is 0.480 e. The number of hydrogen-bond donors (Lipinski definition) is 2. The van der Waals surface area contributed by atoms with E-state index in [2.05, 4.69) is 10.2 Å². The van der Waals surface area contributed by atoms with Crippen molar-refractivity contribution in [3.05, 3.63) is 10.5 Å². The summed E-state index contributed by atoms with van der Waals surface area (Å²) in [5.74, 6) is -0.918. The minimum absolute atomic E-state index is 0.295. The lowest BCUT2D eigenvalue weighted by Crippen LogP contribution is -2.19. The molecule has 0 radical (unpaired) electrons. The van der Waals surface area contributed by atoms with Gasteiger partial charge < -0.3 is 5.11 Å². The number of carbonyl (C=O) groups is 1. The molecular formula is C8H13N3O3S. The zero-order valence-corrected chi connectivity index (χ0v) is 9.37. The molecule has 0 amide bonds. The molecular weight excluding hydrogens is 218 g/mol. The smallest absolute Gasteiger partial charge is 0.343 e. The van der Waals surface area contributed by atoms with E-state index in [0.717, 1.165) is 18.2 Å². The number of aromatic nitrogens is 3. The molecule has 6 nitrogen and oxygen atoms in total. The predicted octanol–water partition coefficient (Wildman–Crippen LogP) is 0.547. The SMILES string of the molecule is CCCn1c(SC(C)C(=O)O)n[nH]c1=O. The molecule has 0 bridgehead atoms. The third-order valence-corrected chi connectivity index (χ3v) is 2.88. The first kappa shape index (κ1) is 11.8. The zero-order valence-electron chi connectivity index (χ0n) is 8.56. The molecule has 0 fully saturated rings. The number of rotatable bonds is 5. The topological polar surface area (TPSA) is 88.0 Å². The van der Waals surface area contributed by atoms with Gasteiger partial charge in [0.1, 0.15) is 5.25 Å². The normalized spacial score (nSPS) is 12.7. The highest BCUT2D eigenvalue weighted by atomic mass is 32.2. The maximum atomic E-state index is 11.3. The van der Waals surface area contributed by atoms with Crippen LogP contribution < -0.4 is 5.69 Å². The summed E-state index contributed by atoms with van der Waals surface area (Å²) in [5, 5.41) is 14.6. The van der Waals surface area contributed by atoms with Crippen LogP contribution in [0.15, 0.2) is 9.95 Å². The Kier molecular flexibility index (Phi) is 3.96. The van der Waals surface area contributed by atoms with Crippen LogP contribution in [-0.4, -0.2) is 31.1 Å². The molecule has 0 aliphatic rings. The van der Waals surface area contributed by atoms with Crippen molar-refractivity contribution in [3.63, 3.8) is 0 Å². The third kappa shape index (κ3) is 2.85. The number of aromatic amines is 1. The summed E-state index contributed by atoms with van der Waals surface area (Å²) in [4.78, 5) is 21.9. The van der Waals surface area contributed by atoms with Crippen LogP contribution in [0.5, 0.6) is 0 Å². The van der Waals surface area contributed by atoms with Gasteiger partial charge in [0, 0.05) is 6.54 Å². The lowest BCUT2D eigenvalue weighted by molar-refractivity contribution is -0.136. The van der Waals surface area contributed by atoms with Gasteiger partial charge in [-0.3, -0.25) is 9.36 Å². The Balaban J connectivity index is 2.85. The molecule has 84 valence electrons. The molecule has 0 aromatic carbocycles. The highest BCUT2D eigenvalue weighted by molar-refractivity contribution is 8.00. The Morgan fingerprint density at radius 1 is 1.73 bits per heavy atom. The summed E-state index contributed by atoms with van der Waals surface area (Å²) >= 11 is 1.06. The summed E-state index contributed by atoms with van der Waals surface area (Å²) < 4.78 is 1.45. The molecule has 1 rings (SSSR count). The number of aliphatic carboxylic acids is 1. The molecule has 1 heterocycles. The summed E-state index contributed by atoms with van der Waals surface area (Å²) in [6, 6.07) is 0. The summed E-state index contributed by atoms with van der Waals surface area (Å²) in [6.45, 7) is 4.04. The number of hydrogen-bond acceptors (Lipinski definition) is 4. The lowest BCUT2D eigenvalue weighted by atomic mass is 10.5. The number of H-pyrrole nitrogens is 1. The van der Waals surface area contributed by atoms with Gasteiger partial charge in [-0.1, -0.05) is 18.7 Å². The summed E-state index contributed by atoms with van der Waals surface area (Å²) in [7, 11) is 0. The maximum Gasteiger partial charge on any atom is 0.343 e. The molecule has 1 unspecified atom stereocenters. The minimum Gasteiger partial charge on any atom is -0.480 e. The predicted molar refractivity (Wildman–Crippen MR) is 56.1 cm³/mol. The second-order valence-electron chi connectivity index (χ2n) is 3.06. The van der Waals surface area contributed by atoms with Gasteiger partial charge in [0.05, 0.1) is 0 Å². The minimum atomic E-state index is -0.918. The van der Waals surface area contributed by atoms with Gasteiger partial charge in [-0.2, -0.15) is 0 Å². The third-order valence-electron chi connectivity index (χ3n) is 1.80. The van der Waals surface area contributed by atoms with Crippen LogP contribution in [0.25, 0.3) is 0 Å². The van der Waals surface area contributed by atoms with Crippen LogP contribution >= 0.6 is 11.8 Å². The van der Waals surface area contributed by atoms with Gasteiger partial charge in [-0.05, 0) is 13.3 Å². The van der Waals surface area contributed by atoms with Crippen molar-refractivity contribution in [2.45, 2.75) is 37.2 Å². The fourth-order valence-electron chi connectivity index (χ4n) is 1.02.